The highest BCUT2D eigenvalue weighted by atomic mass is 19.2. The number of nitrogens with two attached hydrogens (primary N) is 1. The minimum Gasteiger partial charge on any atom is -0.446 e. The zero-order valence-electron chi connectivity index (χ0n) is 12.5. The Kier molecular flexibility index (Phi) is 3.30. The largest absolute Gasteiger partial charge is 0.446 e. The van der Waals surface area contributed by atoms with Gasteiger partial charge in [-0.1, -0.05) is 24.3 Å². The molecule has 2 N–H and O–H groups in total. The fourth-order valence-electron chi connectivity index (χ4n) is 2.74. The average molecular weight is 325 g/mol. The predicted octanol–water partition coefficient (Wildman–Crippen LogP) is 2.35. The number of anilines is 1. The predicted molar refractivity (Wildman–Crippen MR) is 86.2 cm³/mol. The van der Waals surface area contributed by atoms with Crippen molar-refractivity contribution >= 4 is 11.5 Å². The van der Waals surface area contributed by atoms with Crippen LogP contribution in [0.4, 0.5) is 14.5 Å². The molecule has 1 aliphatic heterocycles. The zero-order chi connectivity index (χ0) is 16.7. The Balaban J connectivity index is 1.71. The fourth-order valence-corrected chi connectivity index (χ4v) is 2.74. The van der Waals surface area contributed by atoms with Crippen LogP contribution in [0.5, 0.6) is 0 Å². The SMILES string of the molecule is NC1=c2ccoc2=NCN1c1ccc(-c2cccc(F)c2F)cc1. The summed E-state index contributed by atoms with van der Waals surface area (Å²) in [7, 11) is 0. The van der Waals surface area contributed by atoms with Crippen molar-refractivity contribution in [1.82, 2.24) is 0 Å². The van der Waals surface area contributed by atoms with Crippen LogP contribution in [-0.4, -0.2) is 6.67 Å². The van der Waals surface area contributed by atoms with Gasteiger partial charge in [0.2, 0.25) is 5.55 Å². The van der Waals surface area contributed by atoms with E-state index in [0.717, 1.165) is 17.0 Å². The molecular formula is C18H13F2N3O. The van der Waals surface area contributed by atoms with E-state index < -0.39 is 11.6 Å². The quantitative estimate of drug-likeness (QED) is 0.787. The van der Waals surface area contributed by atoms with Crippen molar-refractivity contribution in [1.29, 1.82) is 0 Å². The molecular weight excluding hydrogens is 312 g/mol. The minimum atomic E-state index is -0.864. The molecule has 1 aliphatic rings. The molecule has 0 amide bonds. The standard InChI is InChI=1S/C18H13F2N3O/c19-15-3-1-2-13(16(15)20)11-4-6-12(7-5-11)23-10-22-18-14(17(23)21)8-9-24-18/h1-9H,10,21H2. The summed E-state index contributed by atoms with van der Waals surface area (Å²) >= 11 is 0. The van der Waals surface area contributed by atoms with E-state index in [4.69, 9.17) is 10.2 Å². The number of furan rings is 1. The van der Waals surface area contributed by atoms with Crippen molar-refractivity contribution in [3.8, 4) is 11.1 Å². The van der Waals surface area contributed by atoms with E-state index in [1.54, 1.807) is 42.7 Å². The molecule has 1 aromatic heterocycles. The molecule has 0 atom stereocenters. The number of rotatable bonds is 2. The lowest BCUT2D eigenvalue weighted by atomic mass is 10.0. The molecule has 0 saturated carbocycles. The first-order valence-corrected chi connectivity index (χ1v) is 7.35. The van der Waals surface area contributed by atoms with Gasteiger partial charge in [-0.2, -0.15) is 0 Å². The topological polar surface area (TPSA) is 54.8 Å². The highest BCUT2D eigenvalue weighted by molar-refractivity contribution is 5.71. The fraction of sp³-hybridized carbons (Fsp3) is 0.0556. The smallest absolute Gasteiger partial charge is 0.226 e. The van der Waals surface area contributed by atoms with E-state index in [0.29, 0.717) is 23.6 Å². The molecule has 0 unspecified atom stereocenters. The average Bonchev–Trinajstić information content (AvgIpc) is 3.08. The second-order valence-electron chi connectivity index (χ2n) is 5.40. The Morgan fingerprint density at radius 2 is 1.83 bits per heavy atom. The van der Waals surface area contributed by atoms with Crippen molar-refractivity contribution in [2.75, 3.05) is 11.6 Å². The normalized spacial score (nSPS) is 13.6. The highest BCUT2D eigenvalue weighted by Gasteiger charge is 2.16. The molecule has 0 bridgehead atoms. The van der Waals surface area contributed by atoms with Crippen molar-refractivity contribution in [3.63, 3.8) is 0 Å². The van der Waals surface area contributed by atoms with Crippen LogP contribution >= 0.6 is 0 Å². The Morgan fingerprint density at radius 1 is 1.04 bits per heavy atom. The van der Waals surface area contributed by atoms with E-state index in [1.807, 2.05) is 4.90 Å². The number of benzene rings is 2. The number of hydrogen-bond donors (Lipinski definition) is 1. The molecule has 2 heterocycles. The van der Waals surface area contributed by atoms with Crippen LogP contribution in [0.15, 0.2) is 64.2 Å². The maximum absolute atomic E-state index is 13.9. The summed E-state index contributed by atoms with van der Waals surface area (Å²) < 4.78 is 32.5. The monoisotopic (exact) mass is 325 g/mol. The summed E-state index contributed by atoms with van der Waals surface area (Å²) in [5.74, 6) is -1.18. The van der Waals surface area contributed by atoms with Crippen LogP contribution in [0, 0.1) is 11.6 Å². The van der Waals surface area contributed by atoms with Gasteiger partial charge in [0.25, 0.3) is 0 Å². The van der Waals surface area contributed by atoms with Crippen LogP contribution in [0.2, 0.25) is 0 Å². The van der Waals surface area contributed by atoms with Crippen LogP contribution in [0.25, 0.3) is 16.9 Å². The van der Waals surface area contributed by atoms with Gasteiger partial charge in [0.1, 0.15) is 12.5 Å². The van der Waals surface area contributed by atoms with Crippen molar-refractivity contribution in [3.05, 3.63) is 77.2 Å². The Morgan fingerprint density at radius 3 is 2.62 bits per heavy atom. The van der Waals surface area contributed by atoms with Crippen LogP contribution in [-0.2, 0) is 0 Å². The number of halogens is 2. The molecule has 0 spiro atoms. The molecule has 0 saturated heterocycles. The second kappa shape index (κ2) is 5.49. The van der Waals surface area contributed by atoms with Gasteiger partial charge in [0.15, 0.2) is 11.6 Å². The van der Waals surface area contributed by atoms with Crippen molar-refractivity contribution in [2.45, 2.75) is 0 Å². The van der Waals surface area contributed by atoms with Gasteiger partial charge < -0.3 is 15.1 Å². The van der Waals surface area contributed by atoms with E-state index >= 15 is 0 Å². The third kappa shape index (κ3) is 2.23. The molecule has 3 aromatic rings. The van der Waals surface area contributed by atoms with Gasteiger partial charge >= 0.3 is 0 Å². The molecule has 24 heavy (non-hydrogen) atoms. The Hall–Kier alpha value is -3.15. The van der Waals surface area contributed by atoms with Gasteiger partial charge in [-0.25, -0.2) is 13.8 Å². The molecule has 4 nitrogen and oxygen atoms in total. The molecule has 4 rings (SSSR count). The first kappa shape index (κ1) is 14.4. The molecule has 0 fully saturated rings. The van der Waals surface area contributed by atoms with Gasteiger partial charge in [-0.05, 0) is 29.8 Å². The molecule has 2 aromatic carbocycles. The maximum Gasteiger partial charge on any atom is 0.226 e. The molecule has 6 heteroatoms. The van der Waals surface area contributed by atoms with E-state index in [2.05, 4.69) is 4.99 Å². The van der Waals surface area contributed by atoms with Gasteiger partial charge in [0.05, 0.1) is 11.5 Å². The van der Waals surface area contributed by atoms with Gasteiger partial charge in [0, 0.05) is 11.3 Å². The summed E-state index contributed by atoms with van der Waals surface area (Å²) in [5, 5.41) is 0.738. The summed E-state index contributed by atoms with van der Waals surface area (Å²) in [6.45, 7) is 0.333. The maximum atomic E-state index is 13.9. The van der Waals surface area contributed by atoms with E-state index in [1.165, 1.54) is 6.07 Å². The first-order chi connectivity index (χ1) is 11.6. The van der Waals surface area contributed by atoms with Crippen LogP contribution < -0.4 is 21.4 Å². The number of hydrogen-bond acceptors (Lipinski definition) is 4. The lowest BCUT2D eigenvalue weighted by Crippen LogP contribution is -2.42. The third-order valence-electron chi connectivity index (χ3n) is 4.01. The lowest BCUT2D eigenvalue weighted by molar-refractivity contribution is 0.500. The first-order valence-electron chi connectivity index (χ1n) is 7.35. The van der Waals surface area contributed by atoms with E-state index in [9.17, 15) is 8.78 Å². The van der Waals surface area contributed by atoms with Gasteiger partial charge in [-0.3, -0.25) is 0 Å². The van der Waals surface area contributed by atoms with Crippen LogP contribution in [0.1, 0.15) is 0 Å². The zero-order valence-corrected chi connectivity index (χ0v) is 12.5. The lowest BCUT2D eigenvalue weighted by Gasteiger charge is -2.24. The number of fused-ring (bicyclic) bond motifs is 1. The van der Waals surface area contributed by atoms with Gasteiger partial charge in [-0.15, -0.1) is 0 Å². The second-order valence-corrected chi connectivity index (χ2v) is 5.40. The Labute approximate surface area is 136 Å². The summed E-state index contributed by atoms with van der Waals surface area (Å²) in [5.41, 5.74) is 8.31. The summed E-state index contributed by atoms with van der Waals surface area (Å²) in [6, 6.07) is 12.9. The third-order valence-corrected chi connectivity index (χ3v) is 4.01. The summed E-state index contributed by atoms with van der Waals surface area (Å²) in [6.07, 6.45) is 1.54. The van der Waals surface area contributed by atoms with Crippen LogP contribution in [0.3, 0.4) is 0 Å². The molecule has 0 radical (unpaired) electrons. The number of nitrogens with zero attached hydrogens (tertiary/aromatic N) is 2. The van der Waals surface area contributed by atoms with Crippen molar-refractivity contribution < 1.29 is 13.2 Å². The minimum absolute atomic E-state index is 0.221. The summed E-state index contributed by atoms with van der Waals surface area (Å²) in [4.78, 5) is 6.14. The molecule has 0 aliphatic carbocycles. The Bertz CT molecular complexity index is 1030. The van der Waals surface area contributed by atoms with E-state index in [-0.39, 0.29) is 5.56 Å². The molecule has 120 valence electrons. The highest BCUT2D eigenvalue weighted by Crippen LogP contribution is 2.27. The van der Waals surface area contributed by atoms with Crippen molar-refractivity contribution in [2.24, 2.45) is 10.7 Å².